The molecule has 0 amide bonds. The summed E-state index contributed by atoms with van der Waals surface area (Å²) in [6.07, 6.45) is -0.455. The highest BCUT2D eigenvalue weighted by Gasteiger charge is 2.19. The van der Waals surface area contributed by atoms with Crippen molar-refractivity contribution in [1.29, 1.82) is 0 Å². The third-order valence-electron chi connectivity index (χ3n) is 3.85. The fraction of sp³-hybridized carbons (Fsp3) is 0.333. The minimum absolute atomic E-state index is 0.106. The van der Waals surface area contributed by atoms with Crippen LogP contribution in [0, 0.1) is 0 Å². The molecule has 1 unspecified atom stereocenters. The molecule has 0 saturated carbocycles. The fourth-order valence-electron chi connectivity index (χ4n) is 2.36. The summed E-state index contributed by atoms with van der Waals surface area (Å²) in [5.74, 6) is 0.354. The highest BCUT2D eigenvalue weighted by molar-refractivity contribution is 7.89. The van der Waals surface area contributed by atoms with Gasteiger partial charge in [0, 0.05) is 24.2 Å². The monoisotopic (exact) mass is 367 g/mol. The Morgan fingerprint density at radius 2 is 1.71 bits per heavy atom. The van der Waals surface area contributed by atoms with Crippen LogP contribution in [0.15, 0.2) is 53.4 Å². The van der Waals surface area contributed by atoms with Gasteiger partial charge in [-0.3, -0.25) is 0 Å². The molecule has 130 valence electrons. The summed E-state index contributed by atoms with van der Waals surface area (Å²) in [6.45, 7) is 4.23. The van der Waals surface area contributed by atoms with Crippen molar-refractivity contribution in [2.75, 3.05) is 13.7 Å². The molecule has 0 aromatic heterocycles. The van der Waals surface area contributed by atoms with Gasteiger partial charge in [-0.05, 0) is 29.7 Å². The maximum atomic E-state index is 12.5. The Morgan fingerprint density at radius 1 is 1.08 bits per heavy atom. The minimum Gasteiger partial charge on any atom is -0.375 e. The third kappa shape index (κ3) is 4.57. The van der Waals surface area contributed by atoms with Gasteiger partial charge in [-0.15, -0.1) is 0 Å². The molecule has 0 spiro atoms. The molecule has 0 heterocycles. The molecule has 4 nitrogen and oxygen atoms in total. The molecular weight excluding hydrogens is 346 g/mol. The molecule has 0 aliphatic heterocycles. The first-order chi connectivity index (χ1) is 11.3. The molecule has 0 radical (unpaired) electrons. The molecule has 0 bridgehead atoms. The van der Waals surface area contributed by atoms with Gasteiger partial charge in [0.2, 0.25) is 10.0 Å². The van der Waals surface area contributed by atoms with E-state index in [1.165, 1.54) is 7.11 Å². The molecule has 0 aliphatic rings. The van der Waals surface area contributed by atoms with Gasteiger partial charge in [0.25, 0.3) is 0 Å². The predicted octanol–water partition coefficient (Wildman–Crippen LogP) is 4.13. The van der Waals surface area contributed by atoms with E-state index in [1.54, 1.807) is 18.2 Å². The number of ether oxygens (including phenoxy) is 1. The molecule has 0 saturated heterocycles. The first-order valence-corrected chi connectivity index (χ1v) is 9.58. The molecule has 0 fully saturated rings. The van der Waals surface area contributed by atoms with E-state index in [-0.39, 0.29) is 11.4 Å². The van der Waals surface area contributed by atoms with Gasteiger partial charge in [-0.25, -0.2) is 13.1 Å². The van der Waals surface area contributed by atoms with Gasteiger partial charge in [0.1, 0.15) is 0 Å². The molecule has 6 heteroatoms. The number of halogens is 1. The molecule has 24 heavy (non-hydrogen) atoms. The van der Waals surface area contributed by atoms with Crippen molar-refractivity contribution in [2.24, 2.45) is 0 Å². The quantitative estimate of drug-likeness (QED) is 0.800. The summed E-state index contributed by atoms with van der Waals surface area (Å²) in [7, 11) is -2.07. The van der Waals surface area contributed by atoms with Crippen LogP contribution in [0.25, 0.3) is 0 Å². The van der Waals surface area contributed by atoms with Crippen molar-refractivity contribution >= 4 is 21.6 Å². The number of hydrogen-bond donors (Lipinski definition) is 1. The number of nitrogens with one attached hydrogen (secondary N) is 1. The molecule has 2 aromatic rings. The maximum absolute atomic E-state index is 12.5. The average Bonchev–Trinajstić information content (AvgIpc) is 2.57. The van der Waals surface area contributed by atoms with E-state index in [1.807, 2.05) is 30.3 Å². The Morgan fingerprint density at radius 3 is 2.25 bits per heavy atom. The summed E-state index contributed by atoms with van der Waals surface area (Å²) in [5, 5.41) is 0.546. The van der Waals surface area contributed by atoms with E-state index >= 15 is 0 Å². The van der Waals surface area contributed by atoms with Crippen LogP contribution in [0.3, 0.4) is 0 Å². The molecule has 0 aliphatic carbocycles. The summed E-state index contributed by atoms with van der Waals surface area (Å²) in [6, 6.07) is 14.1. The highest BCUT2D eigenvalue weighted by Crippen LogP contribution is 2.25. The van der Waals surface area contributed by atoms with Crippen LogP contribution in [-0.4, -0.2) is 22.1 Å². The van der Waals surface area contributed by atoms with Crippen LogP contribution in [-0.2, 0) is 14.8 Å². The van der Waals surface area contributed by atoms with Gasteiger partial charge in [-0.1, -0.05) is 55.8 Å². The van der Waals surface area contributed by atoms with Crippen LogP contribution in [0.2, 0.25) is 5.02 Å². The largest absolute Gasteiger partial charge is 0.375 e. The summed E-state index contributed by atoms with van der Waals surface area (Å²) in [4.78, 5) is 0.237. The van der Waals surface area contributed by atoms with Gasteiger partial charge in [-0.2, -0.15) is 0 Å². The molecule has 2 rings (SSSR count). The Balaban J connectivity index is 2.12. The minimum atomic E-state index is -3.60. The molecule has 1 N–H and O–H groups in total. The maximum Gasteiger partial charge on any atom is 0.240 e. The fourth-order valence-corrected chi connectivity index (χ4v) is 3.65. The van der Waals surface area contributed by atoms with E-state index in [2.05, 4.69) is 18.6 Å². The van der Waals surface area contributed by atoms with Crippen molar-refractivity contribution in [1.82, 2.24) is 4.72 Å². The first-order valence-electron chi connectivity index (χ1n) is 7.72. The second-order valence-electron chi connectivity index (χ2n) is 5.82. The second kappa shape index (κ2) is 8.12. The van der Waals surface area contributed by atoms with Crippen LogP contribution in [0.1, 0.15) is 37.0 Å². The first kappa shape index (κ1) is 18.9. The predicted molar refractivity (Wildman–Crippen MR) is 96.9 cm³/mol. The Hall–Kier alpha value is -1.40. The number of sulfonamides is 1. The van der Waals surface area contributed by atoms with Gasteiger partial charge in [0.15, 0.2) is 0 Å². The van der Waals surface area contributed by atoms with Gasteiger partial charge < -0.3 is 4.74 Å². The van der Waals surface area contributed by atoms with E-state index in [9.17, 15) is 8.42 Å². The highest BCUT2D eigenvalue weighted by atomic mass is 35.5. The Labute approximate surface area is 148 Å². The van der Waals surface area contributed by atoms with Crippen LogP contribution < -0.4 is 4.72 Å². The van der Waals surface area contributed by atoms with Crippen molar-refractivity contribution in [3.8, 4) is 0 Å². The summed E-state index contributed by atoms with van der Waals surface area (Å²) in [5.41, 5.74) is 1.85. The number of rotatable bonds is 7. The number of benzene rings is 2. The Kier molecular flexibility index (Phi) is 6.40. The smallest absolute Gasteiger partial charge is 0.240 e. The van der Waals surface area contributed by atoms with Crippen molar-refractivity contribution < 1.29 is 13.2 Å². The van der Waals surface area contributed by atoms with Crippen LogP contribution in [0.4, 0.5) is 0 Å². The Bertz CT molecular complexity index is 773. The standard InChI is InChI=1S/C18H22ClNO3S/c1-13(2)14-8-10-15(11-9-14)24(21,22)20-12-18(23-3)16-6-4-5-7-17(16)19/h4-11,13,18,20H,12H2,1-3H3. The van der Waals surface area contributed by atoms with E-state index in [4.69, 9.17) is 16.3 Å². The lowest BCUT2D eigenvalue weighted by atomic mass is 10.0. The topological polar surface area (TPSA) is 55.4 Å². The van der Waals surface area contributed by atoms with Gasteiger partial charge >= 0.3 is 0 Å². The zero-order valence-corrected chi connectivity index (χ0v) is 15.6. The van der Waals surface area contributed by atoms with Crippen molar-refractivity contribution in [3.63, 3.8) is 0 Å². The van der Waals surface area contributed by atoms with Crippen LogP contribution >= 0.6 is 11.6 Å². The lowest BCUT2D eigenvalue weighted by Crippen LogP contribution is -2.29. The second-order valence-corrected chi connectivity index (χ2v) is 8.00. The van der Waals surface area contributed by atoms with E-state index in [0.717, 1.165) is 11.1 Å². The third-order valence-corrected chi connectivity index (χ3v) is 5.64. The van der Waals surface area contributed by atoms with Crippen molar-refractivity contribution in [2.45, 2.75) is 30.8 Å². The van der Waals surface area contributed by atoms with Crippen LogP contribution in [0.5, 0.6) is 0 Å². The lowest BCUT2D eigenvalue weighted by molar-refractivity contribution is 0.107. The number of methoxy groups -OCH3 is 1. The summed E-state index contributed by atoms with van der Waals surface area (Å²) < 4.78 is 32.9. The lowest BCUT2D eigenvalue weighted by Gasteiger charge is -2.18. The van der Waals surface area contributed by atoms with Gasteiger partial charge in [0.05, 0.1) is 11.0 Å². The molecular formula is C18H22ClNO3S. The number of hydrogen-bond acceptors (Lipinski definition) is 3. The van der Waals surface area contributed by atoms with Crippen molar-refractivity contribution in [3.05, 3.63) is 64.7 Å². The SMILES string of the molecule is COC(CNS(=O)(=O)c1ccc(C(C)C)cc1)c1ccccc1Cl. The zero-order valence-electron chi connectivity index (χ0n) is 14.0. The van der Waals surface area contributed by atoms with E-state index < -0.39 is 16.1 Å². The summed E-state index contributed by atoms with van der Waals surface area (Å²) >= 11 is 6.15. The zero-order chi connectivity index (χ0) is 17.7. The molecule has 2 aromatic carbocycles. The van der Waals surface area contributed by atoms with E-state index in [0.29, 0.717) is 10.9 Å². The normalized spacial score (nSPS) is 13.2. The average molecular weight is 368 g/mol. The molecule has 1 atom stereocenters.